The maximum Gasteiger partial charge on any atom is 0.317 e. The fourth-order valence-electron chi connectivity index (χ4n) is 2.03. The third-order valence-corrected chi connectivity index (χ3v) is 3.16. The molecule has 0 unspecified atom stereocenters. The van der Waals surface area contributed by atoms with E-state index in [4.69, 9.17) is 15.6 Å². The number of hydrogen-bond acceptors (Lipinski definition) is 4. The molecular weight excluding hydrogens is 296 g/mol. The lowest BCUT2D eigenvalue weighted by molar-refractivity contribution is -0.135. The highest BCUT2D eigenvalue weighted by Gasteiger charge is 2.04. The van der Waals surface area contributed by atoms with Gasteiger partial charge >= 0.3 is 5.97 Å². The fourth-order valence-corrected chi connectivity index (χ4v) is 2.03. The maximum atomic E-state index is 11.2. The van der Waals surface area contributed by atoms with Crippen molar-refractivity contribution < 1.29 is 19.4 Å². The van der Waals surface area contributed by atoms with Crippen LogP contribution in [0.4, 0.5) is 0 Å². The van der Waals surface area contributed by atoms with Gasteiger partial charge in [0.15, 0.2) is 0 Å². The first-order valence-electron chi connectivity index (χ1n) is 7.12. The lowest BCUT2D eigenvalue weighted by atomic mass is 10.0. The van der Waals surface area contributed by atoms with Crippen LogP contribution in [-0.4, -0.2) is 36.7 Å². The topological polar surface area (TPSA) is 102 Å². The first-order chi connectivity index (χ1) is 11.1. The summed E-state index contributed by atoms with van der Waals surface area (Å²) in [5, 5.41) is 11.2. The number of carbonyl (C=O) groups is 2. The number of benzene rings is 2. The number of rotatable bonds is 8. The second kappa shape index (κ2) is 7.95. The van der Waals surface area contributed by atoms with Gasteiger partial charge < -0.3 is 20.9 Å². The average molecular weight is 314 g/mol. The van der Waals surface area contributed by atoms with Crippen LogP contribution in [0.25, 0.3) is 11.1 Å². The van der Waals surface area contributed by atoms with Crippen LogP contribution in [0.3, 0.4) is 0 Å². The highest BCUT2D eigenvalue weighted by molar-refractivity contribution is 5.94. The minimum Gasteiger partial charge on any atom is -0.492 e. The molecule has 23 heavy (non-hydrogen) atoms. The number of hydrogen-bond donors (Lipinski definition) is 3. The average Bonchev–Trinajstić information content (AvgIpc) is 2.55. The second-order valence-corrected chi connectivity index (χ2v) is 4.89. The molecule has 0 aliphatic heterocycles. The third-order valence-electron chi connectivity index (χ3n) is 3.16. The number of aliphatic carboxylic acids is 1. The number of amides is 1. The maximum absolute atomic E-state index is 11.2. The SMILES string of the molecule is NC(=O)c1cccc(-c2ccc(OCCNCC(=O)O)cc2)c1. The van der Waals surface area contributed by atoms with E-state index in [9.17, 15) is 9.59 Å². The number of carbonyl (C=O) groups excluding carboxylic acids is 1. The van der Waals surface area contributed by atoms with Crippen molar-refractivity contribution in [2.45, 2.75) is 0 Å². The van der Waals surface area contributed by atoms with Gasteiger partial charge in [-0.15, -0.1) is 0 Å². The predicted octanol–water partition coefficient (Wildman–Crippen LogP) is 1.51. The lowest BCUT2D eigenvalue weighted by Gasteiger charge is -2.08. The summed E-state index contributed by atoms with van der Waals surface area (Å²) in [4.78, 5) is 21.6. The molecule has 2 aromatic rings. The molecule has 0 saturated heterocycles. The van der Waals surface area contributed by atoms with Gasteiger partial charge in [-0.2, -0.15) is 0 Å². The summed E-state index contributed by atoms with van der Waals surface area (Å²) >= 11 is 0. The van der Waals surface area contributed by atoms with Crippen molar-refractivity contribution >= 4 is 11.9 Å². The van der Waals surface area contributed by atoms with E-state index in [1.54, 1.807) is 18.2 Å². The molecule has 0 spiro atoms. The van der Waals surface area contributed by atoms with E-state index in [-0.39, 0.29) is 6.54 Å². The van der Waals surface area contributed by atoms with Crippen LogP contribution in [0.15, 0.2) is 48.5 Å². The van der Waals surface area contributed by atoms with Crippen molar-refractivity contribution in [2.75, 3.05) is 19.7 Å². The van der Waals surface area contributed by atoms with Crippen molar-refractivity contribution in [2.24, 2.45) is 5.73 Å². The molecule has 0 aliphatic carbocycles. The zero-order chi connectivity index (χ0) is 16.7. The predicted molar refractivity (Wildman–Crippen MR) is 86.4 cm³/mol. The first-order valence-corrected chi connectivity index (χ1v) is 7.12. The van der Waals surface area contributed by atoms with E-state index in [2.05, 4.69) is 5.32 Å². The Morgan fingerprint density at radius 2 is 1.83 bits per heavy atom. The van der Waals surface area contributed by atoms with E-state index in [0.717, 1.165) is 11.1 Å². The van der Waals surface area contributed by atoms with Crippen molar-refractivity contribution in [1.82, 2.24) is 5.32 Å². The molecule has 2 rings (SSSR count). The Labute approximate surface area is 133 Å². The zero-order valence-corrected chi connectivity index (χ0v) is 12.5. The Hall–Kier alpha value is -2.86. The van der Waals surface area contributed by atoms with Crippen molar-refractivity contribution in [3.8, 4) is 16.9 Å². The van der Waals surface area contributed by atoms with Gasteiger partial charge in [-0.25, -0.2) is 0 Å². The Bertz CT molecular complexity index is 683. The second-order valence-electron chi connectivity index (χ2n) is 4.89. The zero-order valence-electron chi connectivity index (χ0n) is 12.5. The van der Waals surface area contributed by atoms with Crippen LogP contribution in [0.1, 0.15) is 10.4 Å². The Morgan fingerprint density at radius 3 is 2.48 bits per heavy atom. The highest BCUT2D eigenvalue weighted by Crippen LogP contribution is 2.23. The standard InChI is InChI=1S/C17H18N2O4/c18-17(22)14-3-1-2-13(10-14)12-4-6-15(7-5-12)23-9-8-19-11-16(20)21/h1-7,10,19H,8-9,11H2,(H2,18,22)(H,20,21). The summed E-state index contributed by atoms with van der Waals surface area (Å²) in [6.07, 6.45) is 0. The molecule has 4 N–H and O–H groups in total. The smallest absolute Gasteiger partial charge is 0.317 e. The van der Waals surface area contributed by atoms with E-state index in [1.807, 2.05) is 30.3 Å². The number of ether oxygens (including phenoxy) is 1. The van der Waals surface area contributed by atoms with Crippen LogP contribution < -0.4 is 15.8 Å². The summed E-state index contributed by atoms with van der Waals surface area (Å²) in [5.74, 6) is -0.662. The van der Waals surface area contributed by atoms with Gasteiger partial charge in [0.1, 0.15) is 12.4 Å². The minimum atomic E-state index is -0.896. The summed E-state index contributed by atoms with van der Waals surface area (Å²) in [7, 11) is 0. The van der Waals surface area contributed by atoms with Gasteiger partial charge in [-0.05, 0) is 35.4 Å². The van der Waals surface area contributed by atoms with Crippen LogP contribution in [0, 0.1) is 0 Å². The molecule has 0 atom stereocenters. The lowest BCUT2D eigenvalue weighted by Crippen LogP contribution is -2.26. The molecule has 0 fully saturated rings. The quantitative estimate of drug-likeness (QED) is 0.641. The Morgan fingerprint density at radius 1 is 1.09 bits per heavy atom. The molecule has 0 heterocycles. The van der Waals surface area contributed by atoms with Crippen LogP contribution >= 0.6 is 0 Å². The van der Waals surface area contributed by atoms with Gasteiger partial charge in [0.2, 0.25) is 5.91 Å². The van der Waals surface area contributed by atoms with Crippen molar-refractivity contribution in [1.29, 1.82) is 0 Å². The molecule has 2 aromatic carbocycles. The number of nitrogens with one attached hydrogen (secondary N) is 1. The number of carboxylic acids is 1. The molecular formula is C17H18N2O4. The molecule has 6 nitrogen and oxygen atoms in total. The van der Waals surface area contributed by atoms with Gasteiger partial charge in [0.25, 0.3) is 0 Å². The van der Waals surface area contributed by atoms with Gasteiger partial charge in [-0.3, -0.25) is 9.59 Å². The molecule has 0 radical (unpaired) electrons. The van der Waals surface area contributed by atoms with E-state index in [0.29, 0.717) is 24.5 Å². The van der Waals surface area contributed by atoms with Crippen LogP contribution in [0.5, 0.6) is 5.75 Å². The largest absolute Gasteiger partial charge is 0.492 e. The summed E-state index contributed by atoms with van der Waals surface area (Å²) < 4.78 is 5.51. The molecule has 120 valence electrons. The van der Waals surface area contributed by atoms with Crippen molar-refractivity contribution in [3.63, 3.8) is 0 Å². The normalized spacial score (nSPS) is 10.3. The molecule has 0 aromatic heterocycles. The van der Waals surface area contributed by atoms with Crippen LogP contribution in [0.2, 0.25) is 0 Å². The summed E-state index contributed by atoms with van der Waals surface area (Å²) in [5.41, 5.74) is 7.59. The summed E-state index contributed by atoms with van der Waals surface area (Å²) in [6, 6.07) is 14.5. The minimum absolute atomic E-state index is 0.0848. The van der Waals surface area contributed by atoms with E-state index < -0.39 is 11.9 Å². The van der Waals surface area contributed by atoms with Crippen LogP contribution in [-0.2, 0) is 4.79 Å². The molecule has 0 aliphatic rings. The molecule has 6 heteroatoms. The Balaban J connectivity index is 1.93. The van der Waals surface area contributed by atoms with Gasteiger partial charge in [0, 0.05) is 12.1 Å². The molecule has 0 saturated carbocycles. The van der Waals surface area contributed by atoms with Crippen molar-refractivity contribution in [3.05, 3.63) is 54.1 Å². The van der Waals surface area contributed by atoms with Gasteiger partial charge in [-0.1, -0.05) is 24.3 Å². The first kappa shape index (κ1) is 16.5. The monoisotopic (exact) mass is 314 g/mol. The Kier molecular flexibility index (Phi) is 5.71. The summed E-state index contributed by atoms with van der Waals surface area (Å²) in [6.45, 7) is 0.747. The molecule has 1 amide bonds. The van der Waals surface area contributed by atoms with Gasteiger partial charge in [0.05, 0.1) is 6.54 Å². The molecule has 0 bridgehead atoms. The third kappa shape index (κ3) is 5.12. The van der Waals surface area contributed by atoms with E-state index >= 15 is 0 Å². The number of primary amides is 1. The van der Waals surface area contributed by atoms with E-state index in [1.165, 1.54) is 0 Å². The highest BCUT2D eigenvalue weighted by atomic mass is 16.5. The number of nitrogens with two attached hydrogens (primary N) is 1. The fraction of sp³-hybridized carbons (Fsp3) is 0.176. The number of carboxylic acid groups (broad SMARTS) is 1.